The fourth-order valence-corrected chi connectivity index (χ4v) is 1.94. The normalized spacial score (nSPS) is 12.0. The van der Waals surface area contributed by atoms with Crippen molar-refractivity contribution in [2.45, 2.75) is 19.5 Å². The van der Waals surface area contributed by atoms with Gasteiger partial charge in [-0.1, -0.05) is 5.21 Å². The number of hydrogen-bond acceptors (Lipinski definition) is 8. The molecule has 2 aromatic rings. The quantitative estimate of drug-likeness (QED) is 0.708. The van der Waals surface area contributed by atoms with Crippen LogP contribution in [0, 0.1) is 0 Å². The van der Waals surface area contributed by atoms with Gasteiger partial charge in [-0.15, -0.1) is 10.2 Å². The average Bonchev–Trinajstić information content (AvgIpc) is 3.01. The molecule has 21 heavy (non-hydrogen) atoms. The number of aromatic nitrogens is 6. The van der Waals surface area contributed by atoms with Crippen LogP contribution in [0.15, 0.2) is 15.5 Å². The number of tetrazole rings is 1. The molecule has 0 fully saturated rings. The lowest BCUT2D eigenvalue weighted by Gasteiger charge is -2.13. The fourth-order valence-electron chi connectivity index (χ4n) is 1.52. The topological polar surface area (TPSA) is 128 Å². The summed E-state index contributed by atoms with van der Waals surface area (Å²) in [6.45, 7) is 1.55. The molecule has 0 aliphatic heterocycles. The van der Waals surface area contributed by atoms with E-state index in [4.69, 9.17) is 0 Å². The summed E-state index contributed by atoms with van der Waals surface area (Å²) in [7, 11) is 1.24. The largest absolute Gasteiger partial charge is 0.468 e. The Labute approximate surface area is 127 Å². The third-order valence-corrected chi connectivity index (χ3v) is 3.38. The van der Waals surface area contributed by atoms with Gasteiger partial charge in [0.05, 0.1) is 25.0 Å². The lowest BCUT2D eigenvalue weighted by Crippen LogP contribution is -2.28. The number of methoxy groups -OCH3 is 1. The Balaban J connectivity index is 2.21. The number of esters is 1. The number of hydrogen-bond donors (Lipinski definition) is 2. The molecule has 0 amide bonds. The number of ether oxygens (including phenoxy) is 1. The van der Waals surface area contributed by atoms with E-state index >= 15 is 0 Å². The molecular formula is C10H12BrN7O3. The van der Waals surface area contributed by atoms with Crippen molar-refractivity contribution in [2.24, 2.45) is 0 Å². The molecule has 2 heterocycles. The van der Waals surface area contributed by atoms with Crippen LogP contribution >= 0.6 is 15.9 Å². The standard InChI is InChI=1S/C10H12BrN7O3/c1-5(9-14-16-17-15-9)13-6-3-12-18(4-7(19)21-2)10(20)8(6)11/h3,5,13H,4H2,1-2H3,(H,14,15,16,17). The second kappa shape index (κ2) is 6.43. The van der Waals surface area contributed by atoms with Gasteiger partial charge in [-0.3, -0.25) is 9.59 Å². The van der Waals surface area contributed by atoms with E-state index in [9.17, 15) is 9.59 Å². The number of aromatic amines is 1. The van der Waals surface area contributed by atoms with Crippen molar-refractivity contribution < 1.29 is 9.53 Å². The lowest BCUT2D eigenvalue weighted by atomic mass is 10.3. The smallest absolute Gasteiger partial charge is 0.327 e. The van der Waals surface area contributed by atoms with Gasteiger partial charge in [0.15, 0.2) is 5.82 Å². The molecule has 0 bridgehead atoms. The van der Waals surface area contributed by atoms with Crippen LogP contribution in [-0.4, -0.2) is 43.5 Å². The Kier molecular flexibility index (Phi) is 4.62. The van der Waals surface area contributed by atoms with Crippen molar-refractivity contribution in [3.8, 4) is 0 Å². The summed E-state index contributed by atoms with van der Waals surface area (Å²) >= 11 is 3.18. The molecule has 0 spiro atoms. The van der Waals surface area contributed by atoms with E-state index in [1.807, 2.05) is 0 Å². The number of H-pyrrole nitrogens is 1. The highest BCUT2D eigenvalue weighted by Gasteiger charge is 2.15. The minimum Gasteiger partial charge on any atom is -0.468 e. The maximum atomic E-state index is 12.1. The van der Waals surface area contributed by atoms with Crippen molar-refractivity contribution in [1.82, 2.24) is 30.4 Å². The summed E-state index contributed by atoms with van der Waals surface area (Å²) in [4.78, 5) is 23.2. The van der Waals surface area contributed by atoms with E-state index in [-0.39, 0.29) is 17.1 Å². The van der Waals surface area contributed by atoms with Crippen LogP contribution in [0.5, 0.6) is 0 Å². The fraction of sp³-hybridized carbons (Fsp3) is 0.400. The van der Waals surface area contributed by atoms with Crippen molar-refractivity contribution in [1.29, 1.82) is 0 Å². The van der Waals surface area contributed by atoms with Gasteiger partial charge in [0.25, 0.3) is 5.56 Å². The second-order valence-electron chi connectivity index (χ2n) is 4.05. The third-order valence-electron chi connectivity index (χ3n) is 2.61. The van der Waals surface area contributed by atoms with E-state index in [1.54, 1.807) is 6.92 Å². The molecule has 10 nitrogen and oxygen atoms in total. The number of carbonyl (C=O) groups is 1. The predicted molar refractivity (Wildman–Crippen MR) is 74.4 cm³/mol. The highest BCUT2D eigenvalue weighted by Crippen LogP contribution is 2.21. The van der Waals surface area contributed by atoms with Gasteiger partial charge in [0.1, 0.15) is 11.0 Å². The Morgan fingerprint density at radius 1 is 1.62 bits per heavy atom. The molecule has 11 heteroatoms. The first-order chi connectivity index (χ1) is 10.0. The molecule has 0 saturated carbocycles. The zero-order chi connectivity index (χ0) is 15.4. The Bertz CT molecular complexity index is 684. The molecule has 0 aliphatic carbocycles. The zero-order valence-electron chi connectivity index (χ0n) is 11.2. The molecule has 112 valence electrons. The maximum absolute atomic E-state index is 12.1. The predicted octanol–water partition coefficient (Wildman–Crippen LogP) is -0.135. The van der Waals surface area contributed by atoms with E-state index in [2.05, 4.69) is 51.7 Å². The van der Waals surface area contributed by atoms with Gasteiger partial charge in [-0.25, -0.2) is 4.68 Å². The average molecular weight is 358 g/mol. The van der Waals surface area contributed by atoms with Crippen LogP contribution < -0.4 is 10.9 Å². The summed E-state index contributed by atoms with van der Waals surface area (Å²) in [6, 6.07) is -0.280. The van der Waals surface area contributed by atoms with Crippen LogP contribution in [0.4, 0.5) is 5.69 Å². The molecule has 0 aromatic carbocycles. The maximum Gasteiger partial charge on any atom is 0.327 e. The van der Waals surface area contributed by atoms with Gasteiger partial charge in [-0.05, 0) is 22.9 Å². The van der Waals surface area contributed by atoms with Crippen LogP contribution in [0.25, 0.3) is 0 Å². The molecule has 2 aromatic heterocycles. The molecule has 1 unspecified atom stereocenters. The summed E-state index contributed by atoms with van der Waals surface area (Å²) in [6.07, 6.45) is 1.42. The highest BCUT2D eigenvalue weighted by molar-refractivity contribution is 9.10. The number of anilines is 1. The molecule has 2 N–H and O–H groups in total. The van der Waals surface area contributed by atoms with Crippen molar-refractivity contribution in [3.05, 3.63) is 26.8 Å². The summed E-state index contributed by atoms with van der Waals surface area (Å²) in [5.41, 5.74) is 0.00382. The van der Waals surface area contributed by atoms with Gasteiger partial charge in [0.2, 0.25) is 0 Å². The third kappa shape index (κ3) is 3.42. The summed E-state index contributed by atoms with van der Waals surface area (Å²) in [5, 5.41) is 20.4. The molecule has 0 saturated heterocycles. The Hall–Kier alpha value is -2.30. The minimum atomic E-state index is -0.558. The summed E-state index contributed by atoms with van der Waals surface area (Å²) in [5.74, 6) is -0.113. The minimum absolute atomic E-state index is 0.247. The van der Waals surface area contributed by atoms with Gasteiger partial charge < -0.3 is 10.1 Å². The Morgan fingerprint density at radius 3 is 3.00 bits per heavy atom. The second-order valence-corrected chi connectivity index (χ2v) is 4.84. The highest BCUT2D eigenvalue weighted by atomic mass is 79.9. The molecule has 0 aliphatic rings. The van der Waals surface area contributed by atoms with E-state index in [0.717, 1.165) is 4.68 Å². The zero-order valence-corrected chi connectivity index (χ0v) is 12.8. The van der Waals surface area contributed by atoms with E-state index in [1.165, 1.54) is 13.3 Å². The van der Waals surface area contributed by atoms with Crippen molar-refractivity contribution >= 4 is 27.6 Å². The van der Waals surface area contributed by atoms with Crippen LogP contribution in [0.2, 0.25) is 0 Å². The van der Waals surface area contributed by atoms with Crippen LogP contribution in [-0.2, 0) is 16.1 Å². The SMILES string of the molecule is COC(=O)Cn1ncc(NC(C)c2nn[nH]n2)c(Br)c1=O. The van der Waals surface area contributed by atoms with Gasteiger partial charge in [0, 0.05) is 0 Å². The van der Waals surface area contributed by atoms with Crippen molar-refractivity contribution in [3.63, 3.8) is 0 Å². The number of halogens is 1. The number of nitrogens with zero attached hydrogens (tertiary/aromatic N) is 5. The van der Waals surface area contributed by atoms with E-state index < -0.39 is 11.5 Å². The van der Waals surface area contributed by atoms with E-state index in [0.29, 0.717) is 11.5 Å². The molecule has 0 radical (unpaired) electrons. The van der Waals surface area contributed by atoms with Crippen LogP contribution in [0.3, 0.4) is 0 Å². The summed E-state index contributed by atoms with van der Waals surface area (Å²) < 4.78 is 5.74. The van der Waals surface area contributed by atoms with Gasteiger partial charge in [-0.2, -0.15) is 10.3 Å². The first-order valence-corrected chi connectivity index (χ1v) is 6.64. The van der Waals surface area contributed by atoms with Crippen LogP contribution in [0.1, 0.15) is 18.8 Å². The van der Waals surface area contributed by atoms with Gasteiger partial charge >= 0.3 is 5.97 Å². The lowest BCUT2D eigenvalue weighted by molar-refractivity contribution is -0.141. The first-order valence-electron chi connectivity index (χ1n) is 5.85. The molecule has 2 rings (SSSR count). The number of carbonyl (C=O) groups excluding carboxylic acids is 1. The number of rotatable bonds is 5. The Morgan fingerprint density at radius 2 is 2.38 bits per heavy atom. The monoisotopic (exact) mass is 357 g/mol. The van der Waals surface area contributed by atoms with Crippen molar-refractivity contribution in [2.75, 3.05) is 12.4 Å². The first kappa shape index (κ1) is 15.1. The molecule has 1 atom stereocenters. The number of nitrogens with one attached hydrogen (secondary N) is 2. The molecular weight excluding hydrogens is 346 g/mol.